The molecular formula is C18H12F3N5. The molecule has 1 aromatic heterocycles. The number of hydrogen-bond acceptors (Lipinski definition) is 5. The molecule has 0 fully saturated rings. The van der Waals surface area contributed by atoms with E-state index in [4.69, 9.17) is 5.26 Å². The van der Waals surface area contributed by atoms with Gasteiger partial charge in [-0.15, -0.1) is 0 Å². The highest BCUT2D eigenvalue weighted by Crippen LogP contribution is 2.31. The quantitative estimate of drug-likeness (QED) is 0.699. The average Bonchev–Trinajstić information content (AvgIpc) is 2.62. The summed E-state index contributed by atoms with van der Waals surface area (Å²) in [6.45, 7) is 0. The molecule has 0 atom stereocenters. The third kappa shape index (κ3) is 4.27. The molecule has 0 saturated heterocycles. The van der Waals surface area contributed by atoms with Crippen LogP contribution in [0.15, 0.2) is 60.9 Å². The Morgan fingerprint density at radius 2 is 1.46 bits per heavy atom. The number of alkyl halides is 3. The van der Waals surface area contributed by atoms with E-state index >= 15 is 0 Å². The Balaban J connectivity index is 1.78. The topological polar surface area (TPSA) is 73.6 Å². The van der Waals surface area contributed by atoms with Gasteiger partial charge in [0.25, 0.3) is 0 Å². The standard InChI is InChI=1S/C18H12F3N5/c19-18(20,21)13-4-2-6-15(8-13)26-17-9-16(23-11-24-17)25-14-5-1-3-12(7-14)10-22/h1-9,11H,(H2,23,24,25,26). The summed E-state index contributed by atoms with van der Waals surface area (Å²) in [5, 5.41) is 14.8. The van der Waals surface area contributed by atoms with Crippen molar-refractivity contribution in [2.45, 2.75) is 6.18 Å². The van der Waals surface area contributed by atoms with Gasteiger partial charge in [-0.25, -0.2) is 9.97 Å². The first-order valence-electron chi connectivity index (χ1n) is 7.47. The van der Waals surface area contributed by atoms with E-state index in [0.717, 1.165) is 12.1 Å². The van der Waals surface area contributed by atoms with Gasteiger partial charge in [-0.2, -0.15) is 18.4 Å². The number of nitriles is 1. The van der Waals surface area contributed by atoms with Crippen LogP contribution >= 0.6 is 0 Å². The van der Waals surface area contributed by atoms with Crippen molar-refractivity contribution in [2.24, 2.45) is 0 Å². The molecule has 0 aliphatic carbocycles. The SMILES string of the molecule is N#Cc1cccc(Nc2cc(Nc3cccc(C(F)(F)F)c3)ncn2)c1. The van der Waals surface area contributed by atoms with Gasteiger partial charge in [0.1, 0.15) is 18.0 Å². The van der Waals surface area contributed by atoms with Crippen LogP contribution < -0.4 is 10.6 Å². The Bertz CT molecular complexity index is 963. The van der Waals surface area contributed by atoms with Crippen molar-refractivity contribution in [2.75, 3.05) is 10.6 Å². The summed E-state index contributed by atoms with van der Waals surface area (Å²) >= 11 is 0. The highest BCUT2D eigenvalue weighted by Gasteiger charge is 2.30. The Kier molecular flexibility index (Phi) is 4.71. The van der Waals surface area contributed by atoms with Crippen molar-refractivity contribution in [1.82, 2.24) is 9.97 Å². The van der Waals surface area contributed by atoms with E-state index in [-0.39, 0.29) is 5.69 Å². The van der Waals surface area contributed by atoms with Crippen molar-refractivity contribution in [3.8, 4) is 6.07 Å². The van der Waals surface area contributed by atoms with Crippen molar-refractivity contribution in [3.63, 3.8) is 0 Å². The van der Waals surface area contributed by atoms with Gasteiger partial charge in [-0.3, -0.25) is 0 Å². The average molecular weight is 355 g/mol. The molecule has 1 heterocycles. The molecule has 0 saturated carbocycles. The number of nitrogens with one attached hydrogen (secondary N) is 2. The van der Waals surface area contributed by atoms with Gasteiger partial charge in [-0.05, 0) is 36.4 Å². The fourth-order valence-electron chi connectivity index (χ4n) is 2.23. The molecule has 2 aromatic carbocycles. The van der Waals surface area contributed by atoms with Gasteiger partial charge in [0.15, 0.2) is 0 Å². The molecule has 0 radical (unpaired) electrons. The maximum absolute atomic E-state index is 12.8. The Hall–Kier alpha value is -3.60. The number of nitrogens with zero attached hydrogens (tertiary/aromatic N) is 3. The molecule has 0 bridgehead atoms. The fourth-order valence-corrected chi connectivity index (χ4v) is 2.23. The van der Waals surface area contributed by atoms with Crippen LogP contribution in [0.1, 0.15) is 11.1 Å². The van der Waals surface area contributed by atoms with E-state index in [9.17, 15) is 13.2 Å². The molecule has 0 aliphatic heterocycles. The van der Waals surface area contributed by atoms with Crippen molar-refractivity contribution in [1.29, 1.82) is 5.26 Å². The number of benzene rings is 2. The lowest BCUT2D eigenvalue weighted by Crippen LogP contribution is -2.05. The second kappa shape index (κ2) is 7.11. The molecule has 0 amide bonds. The predicted molar refractivity (Wildman–Crippen MR) is 91.2 cm³/mol. The number of rotatable bonds is 4. The van der Waals surface area contributed by atoms with Crippen LogP contribution in [0.2, 0.25) is 0 Å². The number of anilines is 4. The molecule has 0 unspecified atom stereocenters. The molecule has 5 nitrogen and oxygen atoms in total. The van der Waals surface area contributed by atoms with Crippen LogP contribution in [0.25, 0.3) is 0 Å². The van der Waals surface area contributed by atoms with E-state index in [0.29, 0.717) is 22.9 Å². The van der Waals surface area contributed by atoms with Gasteiger partial charge in [0, 0.05) is 17.4 Å². The summed E-state index contributed by atoms with van der Waals surface area (Å²) < 4.78 is 38.4. The third-order valence-corrected chi connectivity index (χ3v) is 3.39. The predicted octanol–water partition coefficient (Wildman–Crippen LogP) is 4.85. The van der Waals surface area contributed by atoms with Crippen LogP contribution in [0, 0.1) is 11.3 Å². The smallest absolute Gasteiger partial charge is 0.340 e. The zero-order valence-corrected chi connectivity index (χ0v) is 13.2. The van der Waals surface area contributed by atoms with Crippen molar-refractivity contribution < 1.29 is 13.2 Å². The minimum Gasteiger partial charge on any atom is -0.340 e. The first-order valence-corrected chi connectivity index (χ1v) is 7.47. The molecular weight excluding hydrogens is 343 g/mol. The second-order valence-electron chi connectivity index (χ2n) is 5.31. The molecule has 2 N–H and O–H groups in total. The summed E-state index contributed by atoms with van der Waals surface area (Å²) in [6, 6.07) is 15.3. The zero-order valence-electron chi connectivity index (χ0n) is 13.2. The number of halogens is 3. The summed E-state index contributed by atoms with van der Waals surface area (Å²) in [5.41, 5.74) is 0.665. The summed E-state index contributed by atoms with van der Waals surface area (Å²) in [7, 11) is 0. The van der Waals surface area contributed by atoms with Gasteiger partial charge in [0.05, 0.1) is 17.2 Å². The van der Waals surface area contributed by atoms with E-state index in [1.165, 1.54) is 18.5 Å². The number of aromatic nitrogens is 2. The number of hydrogen-bond donors (Lipinski definition) is 2. The van der Waals surface area contributed by atoms with Crippen LogP contribution in [0.5, 0.6) is 0 Å². The largest absolute Gasteiger partial charge is 0.416 e. The normalized spacial score (nSPS) is 10.8. The van der Waals surface area contributed by atoms with Gasteiger partial charge < -0.3 is 10.6 Å². The van der Waals surface area contributed by atoms with Crippen LogP contribution in [-0.2, 0) is 6.18 Å². The molecule has 0 aliphatic rings. The lowest BCUT2D eigenvalue weighted by atomic mass is 10.2. The maximum Gasteiger partial charge on any atom is 0.416 e. The van der Waals surface area contributed by atoms with Crippen LogP contribution in [0.4, 0.5) is 36.2 Å². The minimum absolute atomic E-state index is 0.260. The first kappa shape index (κ1) is 17.2. The fraction of sp³-hybridized carbons (Fsp3) is 0.0556. The lowest BCUT2D eigenvalue weighted by molar-refractivity contribution is -0.137. The molecule has 0 spiro atoms. The molecule has 3 rings (SSSR count). The Morgan fingerprint density at radius 1 is 0.846 bits per heavy atom. The Morgan fingerprint density at radius 3 is 2.08 bits per heavy atom. The Labute approximate surface area is 147 Å². The highest BCUT2D eigenvalue weighted by atomic mass is 19.4. The van der Waals surface area contributed by atoms with E-state index in [1.54, 1.807) is 30.3 Å². The molecule has 8 heteroatoms. The van der Waals surface area contributed by atoms with Crippen LogP contribution in [-0.4, -0.2) is 9.97 Å². The zero-order chi connectivity index (χ0) is 18.6. The summed E-state index contributed by atoms with van der Waals surface area (Å²) in [4.78, 5) is 8.07. The minimum atomic E-state index is -4.41. The highest BCUT2D eigenvalue weighted by molar-refractivity contribution is 5.64. The summed E-state index contributed by atoms with van der Waals surface area (Å²) in [5.74, 6) is 0.767. The second-order valence-corrected chi connectivity index (χ2v) is 5.31. The van der Waals surface area contributed by atoms with E-state index < -0.39 is 11.7 Å². The van der Waals surface area contributed by atoms with Gasteiger partial charge in [-0.1, -0.05) is 12.1 Å². The summed E-state index contributed by atoms with van der Waals surface area (Å²) in [6.07, 6.45) is -3.13. The van der Waals surface area contributed by atoms with E-state index in [1.807, 2.05) is 6.07 Å². The monoisotopic (exact) mass is 355 g/mol. The third-order valence-electron chi connectivity index (χ3n) is 3.39. The van der Waals surface area contributed by atoms with Crippen molar-refractivity contribution >= 4 is 23.0 Å². The lowest BCUT2D eigenvalue weighted by Gasteiger charge is -2.11. The molecule has 3 aromatic rings. The molecule has 26 heavy (non-hydrogen) atoms. The first-order chi connectivity index (χ1) is 12.4. The van der Waals surface area contributed by atoms with Crippen molar-refractivity contribution in [3.05, 3.63) is 72.1 Å². The van der Waals surface area contributed by atoms with Crippen LogP contribution in [0.3, 0.4) is 0 Å². The maximum atomic E-state index is 12.8. The van der Waals surface area contributed by atoms with Gasteiger partial charge in [0.2, 0.25) is 0 Å². The van der Waals surface area contributed by atoms with E-state index in [2.05, 4.69) is 20.6 Å². The molecule has 130 valence electrons. The van der Waals surface area contributed by atoms with Gasteiger partial charge >= 0.3 is 6.18 Å².